The van der Waals surface area contributed by atoms with E-state index in [4.69, 9.17) is 4.74 Å². The second kappa shape index (κ2) is 11.5. The summed E-state index contributed by atoms with van der Waals surface area (Å²) in [5, 5.41) is 0. The monoisotopic (exact) mass is 463 g/mol. The molecule has 4 rings (SSSR count). The first-order chi connectivity index (χ1) is 16.5. The summed E-state index contributed by atoms with van der Waals surface area (Å²) >= 11 is 0. The first-order valence-electron chi connectivity index (χ1n) is 12.6. The Balaban J connectivity index is 1.27. The molecule has 2 aliphatic heterocycles. The van der Waals surface area contributed by atoms with Crippen molar-refractivity contribution in [2.75, 3.05) is 39.3 Å². The van der Waals surface area contributed by atoms with E-state index in [0.717, 1.165) is 18.7 Å². The molecular formula is C28H37N3O3. The average molecular weight is 464 g/mol. The number of ether oxygens (including phenoxy) is 1. The van der Waals surface area contributed by atoms with Crippen molar-refractivity contribution in [2.45, 2.75) is 51.6 Å². The molecule has 0 radical (unpaired) electrons. The Labute approximate surface area is 203 Å². The minimum Gasteiger partial charge on any atom is -0.494 e. The normalized spacial score (nSPS) is 21.4. The number of piperidine rings is 1. The molecule has 2 atom stereocenters. The molecule has 0 bridgehead atoms. The molecule has 2 fully saturated rings. The largest absolute Gasteiger partial charge is 0.494 e. The van der Waals surface area contributed by atoms with Gasteiger partial charge in [-0.05, 0) is 82.6 Å². The number of rotatable bonds is 7. The van der Waals surface area contributed by atoms with E-state index in [-0.39, 0.29) is 23.9 Å². The van der Waals surface area contributed by atoms with Crippen LogP contribution in [-0.2, 0) is 0 Å². The van der Waals surface area contributed by atoms with Crippen molar-refractivity contribution in [3.63, 3.8) is 0 Å². The summed E-state index contributed by atoms with van der Waals surface area (Å²) in [5.74, 6) is 0.826. The Morgan fingerprint density at radius 3 is 2.09 bits per heavy atom. The standard InChI is InChI=1S/C28H37N3O3/c1-22-20-30(21-23(2)31(22)28(33)24-10-5-3-6-11-24)27(32)25-12-14-26(15-13-25)34-19-9-18-29-16-7-4-8-17-29/h3,5-6,10-15,22-23H,4,7-9,16-21H2,1-2H3. The van der Waals surface area contributed by atoms with E-state index in [9.17, 15) is 9.59 Å². The van der Waals surface area contributed by atoms with Gasteiger partial charge in [-0.2, -0.15) is 0 Å². The van der Waals surface area contributed by atoms with Crippen molar-refractivity contribution >= 4 is 11.8 Å². The van der Waals surface area contributed by atoms with E-state index >= 15 is 0 Å². The topological polar surface area (TPSA) is 53.1 Å². The van der Waals surface area contributed by atoms with Crippen LogP contribution < -0.4 is 4.74 Å². The molecule has 6 heteroatoms. The van der Waals surface area contributed by atoms with Crippen molar-refractivity contribution in [3.05, 3.63) is 65.7 Å². The third-order valence-electron chi connectivity index (χ3n) is 6.90. The van der Waals surface area contributed by atoms with Crippen LogP contribution in [0, 0.1) is 0 Å². The predicted molar refractivity (Wildman–Crippen MR) is 134 cm³/mol. The van der Waals surface area contributed by atoms with Crippen molar-refractivity contribution in [2.24, 2.45) is 0 Å². The molecule has 0 aromatic heterocycles. The van der Waals surface area contributed by atoms with Crippen molar-refractivity contribution in [1.29, 1.82) is 0 Å². The first-order valence-corrected chi connectivity index (χ1v) is 12.6. The molecule has 2 unspecified atom stereocenters. The molecule has 0 N–H and O–H groups in total. The maximum atomic E-state index is 13.2. The van der Waals surface area contributed by atoms with Crippen LogP contribution in [0.15, 0.2) is 54.6 Å². The molecule has 2 aliphatic rings. The van der Waals surface area contributed by atoms with Crippen LogP contribution in [0.5, 0.6) is 5.75 Å². The van der Waals surface area contributed by atoms with Gasteiger partial charge in [-0.1, -0.05) is 24.6 Å². The Hall–Kier alpha value is -2.86. The highest BCUT2D eigenvalue weighted by Gasteiger charge is 2.35. The molecule has 0 spiro atoms. The number of carbonyl (C=O) groups excluding carboxylic acids is 2. The van der Waals surface area contributed by atoms with Crippen LogP contribution in [0.25, 0.3) is 0 Å². The highest BCUT2D eigenvalue weighted by atomic mass is 16.5. The van der Waals surface area contributed by atoms with Crippen LogP contribution in [0.1, 0.15) is 60.2 Å². The van der Waals surface area contributed by atoms with Crippen molar-refractivity contribution in [3.8, 4) is 5.75 Å². The number of carbonyl (C=O) groups is 2. The quantitative estimate of drug-likeness (QED) is 0.574. The van der Waals surface area contributed by atoms with E-state index in [1.165, 1.54) is 32.4 Å². The maximum absolute atomic E-state index is 13.2. The summed E-state index contributed by atoms with van der Waals surface area (Å²) in [6.07, 6.45) is 5.00. The van der Waals surface area contributed by atoms with E-state index in [1.54, 1.807) is 0 Å². The van der Waals surface area contributed by atoms with Crippen LogP contribution in [0.4, 0.5) is 0 Å². The number of likely N-dealkylation sites (tertiary alicyclic amines) is 1. The van der Waals surface area contributed by atoms with Gasteiger partial charge in [0.05, 0.1) is 6.61 Å². The third kappa shape index (κ3) is 5.98. The number of hydrogen-bond donors (Lipinski definition) is 0. The minimum absolute atomic E-state index is 0.00200. The lowest BCUT2D eigenvalue weighted by molar-refractivity contribution is 0.0254. The van der Waals surface area contributed by atoms with Gasteiger partial charge < -0.3 is 19.4 Å². The maximum Gasteiger partial charge on any atom is 0.254 e. The predicted octanol–water partition coefficient (Wildman–Crippen LogP) is 4.32. The number of hydrogen-bond acceptors (Lipinski definition) is 4. The zero-order valence-corrected chi connectivity index (χ0v) is 20.5. The van der Waals surface area contributed by atoms with Gasteiger partial charge in [0.1, 0.15) is 5.75 Å². The molecule has 2 heterocycles. The van der Waals surface area contributed by atoms with Gasteiger partial charge in [0.2, 0.25) is 0 Å². The minimum atomic E-state index is -0.0529. The lowest BCUT2D eigenvalue weighted by Crippen LogP contribution is -2.59. The van der Waals surface area contributed by atoms with Crippen molar-refractivity contribution < 1.29 is 14.3 Å². The van der Waals surface area contributed by atoms with E-state index in [2.05, 4.69) is 4.90 Å². The van der Waals surface area contributed by atoms with Crippen LogP contribution in [0.3, 0.4) is 0 Å². The van der Waals surface area contributed by atoms with Crippen LogP contribution >= 0.6 is 0 Å². The van der Waals surface area contributed by atoms with Gasteiger partial charge in [-0.3, -0.25) is 9.59 Å². The van der Waals surface area contributed by atoms with E-state index in [0.29, 0.717) is 30.8 Å². The van der Waals surface area contributed by atoms with Gasteiger partial charge in [0.25, 0.3) is 11.8 Å². The first kappa shape index (κ1) is 24.3. The second-order valence-corrected chi connectivity index (χ2v) is 9.62. The van der Waals surface area contributed by atoms with E-state index in [1.807, 2.05) is 78.2 Å². The lowest BCUT2D eigenvalue weighted by Gasteiger charge is -2.44. The number of nitrogens with zero attached hydrogens (tertiary/aromatic N) is 3. The Morgan fingerprint density at radius 2 is 1.44 bits per heavy atom. The molecule has 0 saturated carbocycles. The molecule has 34 heavy (non-hydrogen) atoms. The van der Waals surface area contributed by atoms with Gasteiger partial charge in [0, 0.05) is 42.8 Å². The summed E-state index contributed by atoms with van der Waals surface area (Å²) < 4.78 is 5.90. The SMILES string of the molecule is CC1CN(C(=O)c2ccc(OCCCN3CCCCC3)cc2)CC(C)N1C(=O)c1ccccc1. The second-order valence-electron chi connectivity index (χ2n) is 9.62. The highest BCUT2D eigenvalue weighted by Crippen LogP contribution is 2.22. The number of benzene rings is 2. The third-order valence-corrected chi connectivity index (χ3v) is 6.90. The molecule has 2 aromatic carbocycles. The van der Waals surface area contributed by atoms with Crippen molar-refractivity contribution in [1.82, 2.24) is 14.7 Å². The average Bonchev–Trinajstić information content (AvgIpc) is 2.87. The summed E-state index contributed by atoms with van der Waals surface area (Å²) in [6.45, 7) is 9.27. The fourth-order valence-corrected chi connectivity index (χ4v) is 5.16. The fourth-order valence-electron chi connectivity index (χ4n) is 5.16. The Morgan fingerprint density at radius 1 is 0.824 bits per heavy atom. The zero-order valence-electron chi connectivity index (χ0n) is 20.5. The van der Waals surface area contributed by atoms with Gasteiger partial charge >= 0.3 is 0 Å². The molecule has 2 saturated heterocycles. The molecule has 2 amide bonds. The number of piperazine rings is 1. The molecule has 0 aliphatic carbocycles. The summed E-state index contributed by atoms with van der Waals surface area (Å²) in [6, 6.07) is 16.7. The van der Waals surface area contributed by atoms with Gasteiger partial charge in [-0.25, -0.2) is 0 Å². The Kier molecular flexibility index (Phi) is 8.22. The molecular weight excluding hydrogens is 426 g/mol. The zero-order chi connectivity index (χ0) is 23.9. The van der Waals surface area contributed by atoms with Crippen LogP contribution in [0.2, 0.25) is 0 Å². The number of amides is 2. The lowest BCUT2D eigenvalue weighted by atomic mass is 10.0. The van der Waals surface area contributed by atoms with E-state index < -0.39 is 0 Å². The molecule has 2 aromatic rings. The molecule has 6 nitrogen and oxygen atoms in total. The fraction of sp³-hybridized carbons (Fsp3) is 0.500. The summed E-state index contributed by atoms with van der Waals surface area (Å²) in [7, 11) is 0. The molecule has 182 valence electrons. The van der Waals surface area contributed by atoms with Crippen LogP contribution in [-0.4, -0.2) is 77.9 Å². The smallest absolute Gasteiger partial charge is 0.254 e. The summed E-state index contributed by atoms with van der Waals surface area (Å²) in [5.41, 5.74) is 1.34. The highest BCUT2D eigenvalue weighted by molar-refractivity contribution is 5.96. The summed E-state index contributed by atoms with van der Waals surface area (Å²) in [4.78, 5) is 32.4. The van der Waals surface area contributed by atoms with Gasteiger partial charge in [-0.15, -0.1) is 0 Å². The van der Waals surface area contributed by atoms with Gasteiger partial charge in [0.15, 0.2) is 0 Å². The Bertz CT molecular complexity index is 929.